The minimum Gasteiger partial charge on any atom is -0.504 e. The zero-order valence-corrected chi connectivity index (χ0v) is 9.16. The molecule has 2 N–H and O–H groups in total. The molecule has 0 radical (unpaired) electrons. The fraction of sp³-hybridized carbons (Fsp3) is 0.250. The van der Waals surface area contributed by atoms with Crippen LogP contribution in [0.15, 0.2) is 47.9 Å². The van der Waals surface area contributed by atoms with Crippen molar-refractivity contribution in [1.82, 2.24) is 10.3 Å². The Kier molecular flexibility index (Phi) is 2.42. The Labute approximate surface area is 93.3 Å². The molecular weight excluding hydrogens is 207 g/mol. The highest BCUT2D eigenvalue weighted by Gasteiger charge is 2.30. The number of nitrogens with one attached hydrogen (secondary N) is 1. The van der Waals surface area contributed by atoms with E-state index in [0.717, 1.165) is 5.56 Å². The van der Waals surface area contributed by atoms with Crippen LogP contribution in [0.25, 0.3) is 0 Å². The minimum atomic E-state index is -0.695. The van der Waals surface area contributed by atoms with Crippen molar-refractivity contribution in [3.8, 4) is 0 Å². The van der Waals surface area contributed by atoms with Crippen LogP contribution >= 0.6 is 0 Å². The van der Waals surface area contributed by atoms with Gasteiger partial charge in [-0.3, -0.25) is 4.98 Å². The summed E-state index contributed by atoms with van der Waals surface area (Å²) in [4.78, 5) is 3.92. The van der Waals surface area contributed by atoms with Crippen LogP contribution in [-0.4, -0.2) is 10.1 Å². The Morgan fingerprint density at radius 2 is 2.00 bits per heavy atom. The number of aromatic nitrogens is 1. The average Bonchev–Trinajstić information content (AvgIpc) is 2.27. The number of rotatable bonds is 1. The lowest BCUT2D eigenvalue weighted by Gasteiger charge is -2.32. The maximum absolute atomic E-state index is 13.5. The standard InChI is InChI=1S/C12H13FN2O/c1-8-7-12(2,15-11(13)10(8)16)9-3-5-14-6-4-9/h3-7,15-16H,1-2H3. The van der Waals surface area contributed by atoms with Crippen molar-refractivity contribution in [2.75, 3.05) is 0 Å². The van der Waals surface area contributed by atoms with Gasteiger partial charge < -0.3 is 10.4 Å². The summed E-state index contributed by atoms with van der Waals surface area (Å²) in [5, 5.41) is 12.0. The van der Waals surface area contributed by atoms with E-state index < -0.39 is 11.5 Å². The van der Waals surface area contributed by atoms with Gasteiger partial charge in [-0.1, -0.05) is 0 Å². The molecule has 0 amide bonds. The Morgan fingerprint density at radius 1 is 1.38 bits per heavy atom. The quantitative estimate of drug-likeness (QED) is 0.715. The molecule has 1 aromatic rings. The van der Waals surface area contributed by atoms with Gasteiger partial charge in [0.2, 0.25) is 5.95 Å². The molecule has 0 saturated heterocycles. The van der Waals surface area contributed by atoms with Gasteiger partial charge >= 0.3 is 0 Å². The molecule has 1 unspecified atom stereocenters. The molecule has 84 valence electrons. The fourth-order valence-electron chi connectivity index (χ4n) is 1.85. The van der Waals surface area contributed by atoms with E-state index in [4.69, 9.17) is 0 Å². The molecule has 2 heterocycles. The van der Waals surface area contributed by atoms with E-state index in [0.29, 0.717) is 5.57 Å². The number of hydrogen-bond donors (Lipinski definition) is 2. The van der Waals surface area contributed by atoms with E-state index in [1.807, 2.05) is 19.1 Å². The van der Waals surface area contributed by atoms with Gasteiger partial charge in [-0.25, -0.2) is 0 Å². The van der Waals surface area contributed by atoms with Crippen molar-refractivity contribution in [2.45, 2.75) is 19.4 Å². The maximum atomic E-state index is 13.5. The second kappa shape index (κ2) is 3.63. The van der Waals surface area contributed by atoms with E-state index in [-0.39, 0.29) is 5.76 Å². The number of halogens is 1. The molecule has 2 rings (SSSR count). The van der Waals surface area contributed by atoms with Gasteiger partial charge in [-0.15, -0.1) is 0 Å². The zero-order valence-electron chi connectivity index (χ0n) is 9.16. The van der Waals surface area contributed by atoms with E-state index in [1.54, 1.807) is 25.4 Å². The highest BCUT2D eigenvalue weighted by atomic mass is 19.1. The summed E-state index contributed by atoms with van der Waals surface area (Å²) in [5.74, 6) is -1.02. The first-order chi connectivity index (χ1) is 7.53. The summed E-state index contributed by atoms with van der Waals surface area (Å²) in [7, 11) is 0. The first-order valence-corrected chi connectivity index (χ1v) is 5.00. The number of pyridine rings is 1. The molecule has 0 aromatic carbocycles. The number of aliphatic hydroxyl groups is 1. The lowest BCUT2D eigenvalue weighted by atomic mass is 9.88. The third-order valence-electron chi connectivity index (χ3n) is 2.74. The maximum Gasteiger partial charge on any atom is 0.230 e. The van der Waals surface area contributed by atoms with Crippen molar-refractivity contribution >= 4 is 0 Å². The second-order valence-electron chi connectivity index (χ2n) is 4.05. The molecule has 0 fully saturated rings. The smallest absolute Gasteiger partial charge is 0.230 e. The Morgan fingerprint density at radius 3 is 2.56 bits per heavy atom. The molecule has 1 aliphatic heterocycles. The van der Waals surface area contributed by atoms with Crippen molar-refractivity contribution in [2.24, 2.45) is 0 Å². The van der Waals surface area contributed by atoms with Gasteiger partial charge in [0.1, 0.15) is 0 Å². The average molecular weight is 220 g/mol. The Hall–Kier alpha value is -1.84. The molecule has 0 bridgehead atoms. The van der Waals surface area contributed by atoms with Crippen molar-refractivity contribution in [3.63, 3.8) is 0 Å². The lowest BCUT2D eigenvalue weighted by molar-refractivity contribution is 0.328. The van der Waals surface area contributed by atoms with Crippen LogP contribution in [0.3, 0.4) is 0 Å². The third-order valence-corrected chi connectivity index (χ3v) is 2.74. The molecule has 1 aliphatic rings. The van der Waals surface area contributed by atoms with Crippen LogP contribution in [0.2, 0.25) is 0 Å². The number of hydrogen-bond acceptors (Lipinski definition) is 3. The normalized spacial score (nSPS) is 25.1. The molecule has 0 spiro atoms. The summed E-state index contributed by atoms with van der Waals surface area (Å²) < 4.78 is 13.5. The van der Waals surface area contributed by atoms with Crippen molar-refractivity contribution < 1.29 is 9.50 Å². The summed E-state index contributed by atoms with van der Waals surface area (Å²) in [6.07, 6.45) is 5.10. The fourth-order valence-corrected chi connectivity index (χ4v) is 1.85. The minimum absolute atomic E-state index is 0.327. The van der Waals surface area contributed by atoms with Crippen LogP contribution in [-0.2, 0) is 5.54 Å². The molecule has 0 saturated carbocycles. The molecule has 0 aliphatic carbocycles. The molecule has 16 heavy (non-hydrogen) atoms. The summed E-state index contributed by atoms with van der Waals surface area (Å²) >= 11 is 0. The van der Waals surface area contributed by atoms with E-state index >= 15 is 0 Å². The van der Waals surface area contributed by atoms with Crippen LogP contribution in [0.5, 0.6) is 0 Å². The molecular formula is C12H13FN2O. The summed E-state index contributed by atoms with van der Waals surface area (Å²) in [5.41, 5.74) is 0.767. The van der Waals surface area contributed by atoms with Crippen LogP contribution in [0.1, 0.15) is 19.4 Å². The topological polar surface area (TPSA) is 45.2 Å². The predicted octanol–water partition coefficient (Wildman–Crippen LogP) is 2.54. The van der Waals surface area contributed by atoms with E-state index in [2.05, 4.69) is 10.3 Å². The van der Waals surface area contributed by atoms with Gasteiger partial charge in [0, 0.05) is 12.4 Å². The second-order valence-corrected chi connectivity index (χ2v) is 4.05. The van der Waals surface area contributed by atoms with Crippen LogP contribution < -0.4 is 5.32 Å². The lowest BCUT2D eigenvalue weighted by Crippen LogP contribution is -2.39. The first-order valence-electron chi connectivity index (χ1n) is 5.00. The van der Waals surface area contributed by atoms with Crippen LogP contribution in [0.4, 0.5) is 4.39 Å². The zero-order chi connectivity index (χ0) is 11.8. The Bertz CT molecular complexity index is 467. The van der Waals surface area contributed by atoms with Gasteiger partial charge in [-0.2, -0.15) is 4.39 Å². The summed E-state index contributed by atoms with van der Waals surface area (Å²) in [6.45, 7) is 3.52. The number of dihydropyridines is 1. The third kappa shape index (κ3) is 1.66. The Balaban J connectivity index is 2.44. The number of nitrogens with zero attached hydrogens (tertiary/aromatic N) is 1. The molecule has 1 atom stereocenters. The number of allylic oxidation sites excluding steroid dienone is 1. The SMILES string of the molecule is CC1=CC(C)(c2ccncc2)NC(F)=C1O. The summed E-state index contributed by atoms with van der Waals surface area (Å²) in [6, 6.07) is 3.62. The monoisotopic (exact) mass is 220 g/mol. The van der Waals surface area contributed by atoms with Crippen LogP contribution in [0, 0.1) is 0 Å². The van der Waals surface area contributed by atoms with Gasteiger partial charge in [0.15, 0.2) is 5.76 Å². The predicted molar refractivity (Wildman–Crippen MR) is 59.2 cm³/mol. The number of aliphatic hydroxyl groups excluding tert-OH is 1. The highest BCUT2D eigenvalue weighted by molar-refractivity contribution is 5.39. The van der Waals surface area contributed by atoms with Gasteiger partial charge in [-0.05, 0) is 43.2 Å². The van der Waals surface area contributed by atoms with Gasteiger partial charge in [0.25, 0.3) is 0 Å². The molecule has 4 heteroatoms. The first kappa shape index (κ1) is 10.7. The largest absolute Gasteiger partial charge is 0.504 e. The van der Waals surface area contributed by atoms with Crippen molar-refractivity contribution in [3.05, 3.63) is 53.4 Å². The van der Waals surface area contributed by atoms with Gasteiger partial charge in [0.05, 0.1) is 5.54 Å². The van der Waals surface area contributed by atoms with Crippen molar-refractivity contribution in [1.29, 1.82) is 0 Å². The molecule has 3 nitrogen and oxygen atoms in total. The van der Waals surface area contributed by atoms with E-state index in [9.17, 15) is 9.50 Å². The van der Waals surface area contributed by atoms with E-state index in [1.165, 1.54) is 0 Å². The molecule has 1 aromatic heterocycles. The highest BCUT2D eigenvalue weighted by Crippen LogP contribution is 2.31.